The minimum Gasteiger partial charge on any atom is -0.481 e. The van der Waals surface area contributed by atoms with Crippen LogP contribution < -0.4 is 10.1 Å². The summed E-state index contributed by atoms with van der Waals surface area (Å²) in [7, 11) is 0. The minimum atomic E-state index is -0.593. The van der Waals surface area contributed by atoms with E-state index in [9.17, 15) is 4.79 Å². The quantitative estimate of drug-likeness (QED) is 0.820. The number of anilines is 1. The number of carbonyl (C=O) groups excluding carboxylic acids is 1. The van der Waals surface area contributed by atoms with Gasteiger partial charge in [0.1, 0.15) is 5.75 Å². The number of amides is 1. The highest BCUT2D eigenvalue weighted by Gasteiger charge is 2.18. The zero-order valence-electron chi connectivity index (χ0n) is 13.9. The molecule has 2 rings (SSSR count). The average molecular weight is 332 g/mol. The van der Waals surface area contributed by atoms with Crippen molar-refractivity contribution < 1.29 is 9.53 Å². The van der Waals surface area contributed by atoms with Gasteiger partial charge in [-0.25, -0.2) is 0 Å². The lowest BCUT2D eigenvalue weighted by molar-refractivity contribution is -0.122. The van der Waals surface area contributed by atoms with Gasteiger partial charge in [-0.1, -0.05) is 43.6 Å². The Balaban J connectivity index is 2.09. The standard InChI is InChI=1S/C19H22ClNO2/c1-12(2)16-7-5-6-8-18(16)23-14(4)19(22)21-17-10-9-15(20)11-13(17)3/h5-12,14H,1-4H3,(H,21,22). The summed E-state index contributed by atoms with van der Waals surface area (Å²) in [4.78, 5) is 12.4. The maximum Gasteiger partial charge on any atom is 0.265 e. The van der Waals surface area contributed by atoms with Gasteiger partial charge in [-0.05, 0) is 55.2 Å². The third kappa shape index (κ3) is 4.49. The van der Waals surface area contributed by atoms with Crippen LogP contribution in [-0.2, 0) is 4.79 Å². The second-order valence-electron chi connectivity index (χ2n) is 5.90. The van der Waals surface area contributed by atoms with E-state index in [1.54, 1.807) is 19.1 Å². The van der Waals surface area contributed by atoms with E-state index in [0.29, 0.717) is 10.9 Å². The van der Waals surface area contributed by atoms with E-state index in [1.165, 1.54) is 0 Å². The van der Waals surface area contributed by atoms with Gasteiger partial charge >= 0.3 is 0 Å². The highest BCUT2D eigenvalue weighted by atomic mass is 35.5. The Hall–Kier alpha value is -2.00. The molecule has 1 unspecified atom stereocenters. The highest BCUT2D eigenvalue weighted by molar-refractivity contribution is 6.30. The third-order valence-corrected chi connectivity index (χ3v) is 3.90. The number of nitrogens with one attached hydrogen (secondary N) is 1. The monoisotopic (exact) mass is 331 g/mol. The molecule has 1 amide bonds. The molecule has 2 aromatic rings. The number of ether oxygens (including phenoxy) is 1. The molecule has 0 radical (unpaired) electrons. The number of hydrogen-bond donors (Lipinski definition) is 1. The molecule has 0 saturated carbocycles. The molecule has 0 aliphatic rings. The summed E-state index contributed by atoms with van der Waals surface area (Å²) < 4.78 is 5.87. The lowest BCUT2D eigenvalue weighted by atomic mass is 10.0. The smallest absolute Gasteiger partial charge is 0.265 e. The van der Waals surface area contributed by atoms with Crippen molar-refractivity contribution in [3.63, 3.8) is 0 Å². The van der Waals surface area contributed by atoms with Crippen LogP contribution >= 0.6 is 11.6 Å². The van der Waals surface area contributed by atoms with E-state index >= 15 is 0 Å². The van der Waals surface area contributed by atoms with Crippen molar-refractivity contribution in [3.8, 4) is 5.75 Å². The van der Waals surface area contributed by atoms with Crippen molar-refractivity contribution in [2.24, 2.45) is 0 Å². The molecule has 0 aliphatic carbocycles. The number of benzene rings is 2. The van der Waals surface area contributed by atoms with Gasteiger partial charge in [-0.2, -0.15) is 0 Å². The van der Waals surface area contributed by atoms with Crippen LogP contribution in [0.4, 0.5) is 5.69 Å². The first-order chi connectivity index (χ1) is 10.9. The highest BCUT2D eigenvalue weighted by Crippen LogP contribution is 2.27. The van der Waals surface area contributed by atoms with Crippen molar-refractivity contribution in [1.29, 1.82) is 0 Å². The molecule has 23 heavy (non-hydrogen) atoms. The summed E-state index contributed by atoms with van der Waals surface area (Å²) >= 11 is 5.93. The maximum absolute atomic E-state index is 12.4. The molecule has 1 N–H and O–H groups in total. The summed E-state index contributed by atoms with van der Waals surface area (Å²) in [6.45, 7) is 7.85. The van der Waals surface area contributed by atoms with E-state index in [0.717, 1.165) is 22.6 Å². The number of rotatable bonds is 5. The lowest BCUT2D eigenvalue weighted by Gasteiger charge is -2.19. The summed E-state index contributed by atoms with van der Waals surface area (Å²) in [6, 6.07) is 13.2. The number of para-hydroxylation sites is 1. The predicted octanol–water partition coefficient (Wildman–Crippen LogP) is 5.18. The summed E-state index contributed by atoms with van der Waals surface area (Å²) in [5, 5.41) is 3.53. The van der Waals surface area contributed by atoms with Crippen LogP contribution in [0.1, 0.15) is 37.8 Å². The molecule has 2 aromatic carbocycles. The topological polar surface area (TPSA) is 38.3 Å². The van der Waals surface area contributed by atoms with Crippen molar-refractivity contribution >= 4 is 23.2 Å². The maximum atomic E-state index is 12.4. The average Bonchev–Trinajstić information content (AvgIpc) is 2.50. The Morgan fingerprint density at radius 3 is 2.48 bits per heavy atom. The molecule has 0 saturated heterocycles. The Morgan fingerprint density at radius 2 is 1.83 bits per heavy atom. The fourth-order valence-corrected chi connectivity index (χ4v) is 2.54. The molecule has 3 nitrogen and oxygen atoms in total. The Kier molecular flexibility index (Phi) is 5.67. The van der Waals surface area contributed by atoms with Gasteiger partial charge in [0.15, 0.2) is 6.10 Å². The van der Waals surface area contributed by atoms with Crippen LogP contribution in [-0.4, -0.2) is 12.0 Å². The van der Waals surface area contributed by atoms with Crippen LogP contribution in [0.15, 0.2) is 42.5 Å². The van der Waals surface area contributed by atoms with Gasteiger partial charge < -0.3 is 10.1 Å². The zero-order chi connectivity index (χ0) is 17.0. The van der Waals surface area contributed by atoms with E-state index in [1.807, 2.05) is 37.3 Å². The summed E-state index contributed by atoms with van der Waals surface area (Å²) in [5.41, 5.74) is 2.75. The first-order valence-corrected chi connectivity index (χ1v) is 8.09. The number of hydrogen-bond acceptors (Lipinski definition) is 2. The van der Waals surface area contributed by atoms with E-state index in [4.69, 9.17) is 16.3 Å². The first-order valence-electron chi connectivity index (χ1n) is 7.71. The van der Waals surface area contributed by atoms with Crippen molar-refractivity contribution in [2.75, 3.05) is 5.32 Å². The second-order valence-corrected chi connectivity index (χ2v) is 6.34. The van der Waals surface area contributed by atoms with Crippen LogP contribution in [0.2, 0.25) is 5.02 Å². The second kappa shape index (κ2) is 7.51. The van der Waals surface area contributed by atoms with Crippen LogP contribution in [0.3, 0.4) is 0 Å². The largest absolute Gasteiger partial charge is 0.481 e. The summed E-state index contributed by atoms with van der Waals surface area (Å²) in [6.07, 6.45) is -0.593. The van der Waals surface area contributed by atoms with Crippen molar-refractivity contribution in [3.05, 3.63) is 58.6 Å². The molecule has 0 aliphatic heterocycles. The first kappa shape index (κ1) is 17.4. The zero-order valence-corrected chi connectivity index (χ0v) is 14.6. The van der Waals surface area contributed by atoms with Crippen LogP contribution in [0.5, 0.6) is 5.75 Å². The molecule has 1 atom stereocenters. The molecule has 0 aromatic heterocycles. The molecule has 122 valence electrons. The van der Waals surface area contributed by atoms with Crippen molar-refractivity contribution in [2.45, 2.75) is 39.7 Å². The Labute approximate surface area is 142 Å². The molecule has 0 spiro atoms. The van der Waals surface area contributed by atoms with Gasteiger partial charge in [-0.3, -0.25) is 4.79 Å². The Morgan fingerprint density at radius 1 is 1.13 bits per heavy atom. The molecule has 0 fully saturated rings. The van der Waals surface area contributed by atoms with Gasteiger partial charge in [0.25, 0.3) is 5.91 Å². The molecule has 0 heterocycles. The van der Waals surface area contributed by atoms with Gasteiger partial charge in [0, 0.05) is 10.7 Å². The molecular weight excluding hydrogens is 310 g/mol. The Bertz CT molecular complexity index is 698. The van der Waals surface area contributed by atoms with Gasteiger partial charge in [0.05, 0.1) is 0 Å². The van der Waals surface area contributed by atoms with Gasteiger partial charge in [0.2, 0.25) is 0 Å². The fourth-order valence-electron chi connectivity index (χ4n) is 2.31. The minimum absolute atomic E-state index is 0.186. The summed E-state index contributed by atoms with van der Waals surface area (Å²) in [5.74, 6) is 0.895. The van der Waals surface area contributed by atoms with Crippen molar-refractivity contribution in [1.82, 2.24) is 0 Å². The fraction of sp³-hybridized carbons (Fsp3) is 0.316. The normalized spacial score (nSPS) is 12.1. The van der Waals surface area contributed by atoms with Gasteiger partial charge in [-0.15, -0.1) is 0 Å². The van der Waals surface area contributed by atoms with E-state index < -0.39 is 6.10 Å². The number of aryl methyl sites for hydroxylation is 1. The predicted molar refractivity (Wildman–Crippen MR) is 95.4 cm³/mol. The lowest BCUT2D eigenvalue weighted by Crippen LogP contribution is -2.30. The van der Waals surface area contributed by atoms with E-state index in [-0.39, 0.29) is 5.91 Å². The molecule has 4 heteroatoms. The SMILES string of the molecule is Cc1cc(Cl)ccc1NC(=O)C(C)Oc1ccccc1C(C)C. The van der Waals surface area contributed by atoms with Crippen LogP contribution in [0.25, 0.3) is 0 Å². The molecular formula is C19H22ClNO2. The molecule has 0 bridgehead atoms. The third-order valence-electron chi connectivity index (χ3n) is 3.66. The van der Waals surface area contributed by atoms with E-state index in [2.05, 4.69) is 19.2 Å². The van der Waals surface area contributed by atoms with Crippen LogP contribution in [0, 0.1) is 6.92 Å². The number of carbonyl (C=O) groups is 1. The number of halogens is 1.